The molecule has 1 aromatic rings. The van der Waals surface area contributed by atoms with Crippen molar-refractivity contribution >= 4 is 17.3 Å². The second-order valence-electron chi connectivity index (χ2n) is 4.84. The third-order valence-electron chi connectivity index (χ3n) is 3.27. The summed E-state index contributed by atoms with van der Waals surface area (Å²) in [6.45, 7) is 3.81. The Balaban J connectivity index is 2.16. The van der Waals surface area contributed by atoms with Gasteiger partial charge in [-0.1, -0.05) is 12.1 Å². The summed E-state index contributed by atoms with van der Waals surface area (Å²) >= 11 is 0. The first kappa shape index (κ1) is 12.9. The number of carbonyl (C=O) groups is 1. The summed E-state index contributed by atoms with van der Waals surface area (Å²) in [4.78, 5) is 14.0. The number of anilines is 2. The lowest BCUT2D eigenvalue weighted by Gasteiger charge is -2.30. The Morgan fingerprint density at radius 2 is 1.94 bits per heavy atom. The molecular formula is C14H21N3O. The van der Waals surface area contributed by atoms with Crippen molar-refractivity contribution in [3.63, 3.8) is 0 Å². The van der Waals surface area contributed by atoms with Crippen LogP contribution in [0.2, 0.25) is 0 Å². The van der Waals surface area contributed by atoms with Gasteiger partial charge in [-0.3, -0.25) is 4.79 Å². The summed E-state index contributed by atoms with van der Waals surface area (Å²) < 4.78 is 0. The van der Waals surface area contributed by atoms with Crippen LogP contribution in [0.4, 0.5) is 11.4 Å². The molecule has 0 spiro atoms. The molecule has 0 aromatic heterocycles. The van der Waals surface area contributed by atoms with Crippen LogP contribution in [-0.2, 0) is 4.79 Å². The van der Waals surface area contributed by atoms with Crippen LogP contribution in [0.3, 0.4) is 0 Å². The van der Waals surface area contributed by atoms with Gasteiger partial charge in [0.1, 0.15) is 0 Å². The minimum absolute atomic E-state index is 0.139. The minimum Gasteiger partial charge on any atom is -0.370 e. The maximum Gasteiger partial charge on any atom is 0.241 e. The van der Waals surface area contributed by atoms with E-state index < -0.39 is 6.04 Å². The highest BCUT2D eigenvalue weighted by molar-refractivity contribution is 5.97. The molecule has 0 bridgehead atoms. The van der Waals surface area contributed by atoms with Crippen LogP contribution in [0, 0.1) is 0 Å². The van der Waals surface area contributed by atoms with E-state index in [4.69, 9.17) is 5.73 Å². The average molecular weight is 247 g/mol. The Morgan fingerprint density at radius 1 is 1.28 bits per heavy atom. The molecule has 0 saturated carbocycles. The van der Waals surface area contributed by atoms with Crippen LogP contribution < -0.4 is 16.0 Å². The van der Waals surface area contributed by atoms with E-state index in [1.165, 1.54) is 19.3 Å². The molecule has 3 N–H and O–H groups in total. The van der Waals surface area contributed by atoms with Crippen molar-refractivity contribution in [3.05, 3.63) is 24.3 Å². The summed E-state index contributed by atoms with van der Waals surface area (Å²) in [6.07, 6.45) is 3.73. The lowest BCUT2D eigenvalue weighted by molar-refractivity contribution is -0.117. The van der Waals surface area contributed by atoms with Crippen molar-refractivity contribution in [2.24, 2.45) is 5.73 Å². The molecule has 0 radical (unpaired) electrons. The highest BCUT2D eigenvalue weighted by Gasteiger charge is 2.16. The summed E-state index contributed by atoms with van der Waals surface area (Å²) in [6, 6.07) is 7.45. The van der Waals surface area contributed by atoms with Crippen LogP contribution in [0.25, 0.3) is 0 Å². The zero-order valence-electron chi connectivity index (χ0n) is 10.9. The molecule has 2 rings (SSSR count). The molecule has 1 aliphatic rings. The summed E-state index contributed by atoms with van der Waals surface area (Å²) in [5.41, 5.74) is 7.55. The van der Waals surface area contributed by atoms with Crippen molar-refractivity contribution in [2.45, 2.75) is 32.2 Å². The van der Waals surface area contributed by atoms with Gasteiger partial charge in [0.25, 0.3) is 0 Å². The maximum absolute atomic E-state index is 11.7. The van der Waals surface area contributed by atoms with E-state index in [-0.39, 0.29) is 5.91 Å². The molecule has 1 atom stereocenters. The number of benzene rings is 1. The van der Waals surface area contributed by atoms with Crippen molar-refractivity contribution < 1.29 is 4.79 Å². The molecule has 4 nitrogen and oxygen atoms in total. The molecule has 1 aromatic carbocycles. The van der Waals surface area contributed by atoms with Gasteiger partial charge in [0.05, 0.1) is 17.4 Å². The largest absolute Gasteiger partial charge is 0.370 e. The highest BCUT2D eigenvalue weighted by atomic mass is 16.2. The van der Waals surface area contributed by atoms with E-state index in [0.29, 0.717) is 0 Å². The van der Waals surface area contributed by atoms with Gasteiger partial charge in [-0.15, -0.1) is 0 Å². The molecule has 1 fully saturated rings. The Morgan fingerprint density at radius 3 is 2.61 bits per heavy atom. The Bertz CT molecular complexity index is 411. The molecule has 0 aliphatic carbocycles. The Hall–Kier alpha value is -1.55. The maximum atomic E-state index is 11.7. The van der Waals surface area contributed by atoms with Gasteiger partial charge >= 0.3 is 0 Å². The van der Waals surface area contributed by atoms with E-state index in [9.17, 15) is 4.79 Å². The van der Waals surface area contributed by atoms with Crippen LogP contribution in [0.15, 0.2) is 24.3 Å². The quantitative estimate of drug-likeness (QED) is 0.858. The molecule has 98 valence electrons. The highest BCUT2D eigenvalue weighted by Crippen LogP contribution is 2.28. The zero-order valence-corrected chi connectivity index (χ0v) is 10.9. The number of hydrogen-bond donors (Lipinski definition) is 2. The number of nitrogens with one attached hydrogen (secondary N) is 1. The van der Waals surface area contributed by atoms with E-state index in [1.807, 2.05) is 18.2 Å². The molecule has 1 amide bonds. The SMILES string of the molecule is C[C@@H](N)C(=O)Nc1ccccc1N1CCCCC1. The first-order chi connectivity index (χ1) is 8.68. The fourth-order valence-corrected chi connectivity index (χ4v) is 2.24. The molecule has 4 heteroatoms. The molecule has 1 saturated heterocycles. The molecule has 18 heavy (non-hydrogen) atoms. The van der Waals surface area contributed by atoms with Crippen molar-refractivity contribution in [3.8, 4) is 0 Å². The van der Waals surface area contributed by atoms with Crippen LogP contribution >= 0.6 is 0 Å². The molecule has 0 unspecified atom stereocenters. The van der Waals surface area contributed by atoms with E-state index in [0.717, 1.165) is 24.5 Å². The normalized spacial score (nSPS) is 17.3. The van der Waals surface area contributed by atoms with Crippen LogP contribution in [0.5, 0.6) is 0 Å². The first-order valence-corrected chi connectivity index (χ1v) is 6.59. The second kappa shape index (κ2) is 5.87. The molecule has 1 heterocycles. The van der Waals surface area contributed by atoms with Gasteiger partial charge in [0.2, 0.25) is 5.91 Å². The predicted octanol–water partition coefficient (Wildman–Crippen LogP) is 1.96. The van der Waals surface area contributed by atoms with Gasteiger partial charge in [0.15, 0.2) is 0 Å². The number of amides is 1. The van der Waals surface area contributed by atoms with Gasteiger partial charge in [-0.25, -0.2) is 0 Å². The Kier molecular flexibility index (Phi) is 4.20. The predicted molar refractivity (Wildman–Crippen MR) is 74.8 cm³/mol. The number of nitrogens with two attached hydrogens (primary N) is 1. The second-order valence-corrected chi connectivity index (χ2v) is 4.84. The summed E-state index contributed by atoms with van der Waals surface area (Å²) in [5.74, 6) is -0.139. The number of nitrogens with zero attached hydrogens (tertiary/aromatic N) is 1. The van der Waals surface area contributed by atoms with E-state index >= 15 is 0 Å². The third kappa shape index (κ3) is 3.01. The zero-order chi connectivity index (χ0) is 13.0. The number of carbonyl (C=O) groups excluding carboxylic acids is 1. The number of hydrogen-bond acceptors (Lipinski definition) is 3. The van der Waals surface area contributed by atoms with Crippen molar-refractivity contribution in [1.29, 1.82) is 0 Å². The number of para-hydroxylation sites is 2. The van der Waals surface area contributed by atoms with Gasteiger partial charge in [0, 0.05) is 13.1 Å². The van der Waals surface area contributed by atoms with Gasteiger partial charge in [-0.05, 0) is 38.3 Å². The minimum atomic E-state index is -0.487. The lowest BCUT2D eigenvalue weighted by Crippen LogP contribution is -2.34. The first-order valence-electron chi connectivity index (χ1n) is 6.59. The van der Waals surface area contributed by atoms with E-state index in [1.54, 1.807) is 6.92 Å². The fraction of sp³-hybridized carbons (Fsp3) is 0.500. The average Bonchev–Trinajstić information content (AvgIpc) is 2.40. The lowest BCUT2D eigenvalue weighted by atomic mass is 10.1. The number of rotatable bonds is 3. The van der Waals surface area contributed by atoms with Crippen LogP contribution in [0.1, 0.15) is 26.2 Å². The van der Waals surface area contributed by atoms with Crippen molar-refractivity contribution in [1.82, 2.24) is 0 Å². The smallest absolute Gasteiger partial charge is 0.241 e. The van der Waals surface area contributed by atoms with Crippen LogP contribution in [-0.4, -0.2) is 25.0 Å². The number of piperidine rings is 1. The van der Waals surface area contributed by atoms with Gasteiger partial charge < -0.3 is 16.0 Å². The fourth-order valence-electron chi connectivity index (χ4n) is 2.24. The molecule has 1 aliphatic heterocycles. The van der Waals surface area contributed by atoms with Crippen molar-refractivity contribution in [2.75, 3.05) is 23.3 Å². The standard InChI is InChI=1S/C14H21N3O/c1-11(15)14(18)16-12-7-3-4-8-13(12)17-9-5-2-6-10-17/h3-4,7-8,11H,2,5-6,9-10,15H2,1H3,(H,16,18)/t11-/m1/s1. The van der Waals surface area contributed by atoms with E-state index in [2.05, 4.69) is 16.3 Å². The Labute approximate surface area is 108 Å². The monoisotopic (exact) mass is 247 g/mol. The van der Waals surface area contributed by atoms with Gasteiger partial charge in [-0.2, -0.15) is 0 Å². The molecular weight excluding hydrogens is 226 g/mol. The summed E-state index contributed by atoms with van der Waals surface area (Å²) in [7, 11) is 0. The summed E-state index contributed by atoms with van der Waals surface area (Å²) in [5, 5.41) is 2.90. The third-order valence-corrected chi connectivity index (χ3v) is 3.27. The topological polar surface area (TPSA) is 58.4 Å².